The molecule has 1 fully saturated rings. The van der Waals surface area contributed by atoms with E-state index >= 15 is 0 Å². The van der Waals surface area contributed by atoms with Gasteiger partial charge in [0.05, 0.1) is 11.7 Å². The first-order chi connectivity index (χ1) is 12.2. The lowest BCUT2D eigenvalue weighted by atomic mass is 10.2. The zero-order valence-electron chi connectivity index (χ0n) is 13.9. The van der Waals surface area contributed by atoms with Crippen LogP contribution in [-0.2, 0) is 23.8 Å². The fourth-order valence-corrected chi connectivity index (χ4v) is 3.12. The van der Waals surface area contributed by atoms with Gasteiger partial charge in [-0.2, -0.15) is 0 Å². The van der Waals surface area contributed by atoms with Crippen LogP contribution < -0.4 is 11.2 Å². The van der Waals surface area contributed by atoms with Crippen LogP contribution in [0.5, 0.6) is 0 Å². The maximum absolute atomic E-state index is 12.3. The highest BCUT2D eigenvalue weighted by Gasteiger charge is 2.40. The molecular weight excluding hydrogens is 527 g/mol. The van der Waals surface area contributed by atoms with E-state index in [-0.39, 0.29) is 18.6 Å². The van der Waals surface area contributed by atoms with Crippen LogP contribution in [0.1, 0.15) is 32.1 Å². The summed E-state index contributed by atoms with van der Waals surface area (Å²) in [6.45, 7) is 2.47. The van der Waals surface area contributed by atoms with Crippen LogP contribution in [0.4, 0.5) is 0 Å². The number of rotatable bonds is 5. The lowest BCUT2D eigenvalue weighted by Gasteiger charge is -2.20. The predicted molar refractivity (Wildman–Crippen MR) is 103 cm³/mol. The van der Waals surface area contributed by atoms with Crippen molar-refractivity contribution in [2.45, 2.75) is 38.7 Å². The van der Waals surface area contributed by atoms with Crippen molar-refractivity contribution in [3.63, 3.8) is 0 Å². The second kappa shape index (κ2) is 8.95. The molecule has 0 saturated carbocycles. The summed E-state index contributed by atoms with van der Waals surface area (Å²) in [5.41, 5.74) is -1.06. The van der Waals surface area contributed by atoms with E-state index in [1.165, 1.54) is 20.0 Å². The molecule has 1 N–H and O–H groups in total. The topological polar surface area (TPSA) is 117 Å². The Bertz CT molecular complexity index is 847. The van der Waals surface area contributed by atoms with Crippen LogP contribution in [0.25, 0.3) is 4.48 Å². The summed E-state index contributed by atoms with van der Waals surface area (Å²) in [7, 11) is 0. The first-order valence-electron chi connectivity index (χ1n) is 7.50. The number of H-pyrrole nitrogens is 1. The molecule has 1 saturated heterocycles. The fourth-order valence-electron chi connectivity index (χ4n) is 2.50. The second-order valence-corrected chi connectivity index (χ2v) is 6.98. The highest BCUT2D eigenvalue weighted by atomic mass is 127. The minimum Gasteiger partial charge on any atom is -0.463 e. The normalized spacial score (nSPS) is 22.9. The van der Waals surface area contributed by atoms with Gasteiger partial charge in [0.25, 0.3) is 5.56 Å². The summed E-state index contributed by atoms with van der Waals surface area (Å²) in [5, 5.41) is 0. The number of nitrogens with zero attached hydrogens (tertiary/aromatic N) is 1. The Morgan fingerprint density at radius 2 is 2.12 bits per heavy atom. The van der Waals surface area contributed by atoms with Crippen LogP contribution in [-0.4, -0.2) is 40.3 Å². The van der Waals surface area contributed by atoms with Crippen LogP contribution in [0, 0.1) is 0 Å². The van der Waals surface area contributed by atoms with Crippen LogP contribution in [0.3, 0.4) is 0 Å². The van der Waals surface area contributed by atoms with Gasteiger partial charge in [-0.15, -0.1) is 0 Å². The number of halogens is 2. The molecule has 3 atom stereocenters. The summed E-state index contributed by atoms with van der Waals surface area (Å²) in [6.07, 6.45) is -0.722. The summed E-state index contributed by atoms with van der Waals surface area (Å²) in [4.78, 5) is 48.8. The standard InChI is InChI=1S/C15H16BrIN2O7/c1-7(20)24-6-9-3-12(25-8(2)21)14(26-9)19-5-10(11(16)4-17)13(22)18-15(19)23/h4-5,9,12,14H,3,6H2,1-2H3,(H,18,22,23)/b11-4+/t9-,12+,14+/m0/s1. The minimum absolute atomic E-state index is 0.0358. The van der Waals surface area contributed by atoms with E-state index in [2.05, 4.69) is 20.9 Å². The lowest BCUT2D eigenvalue weighted by Crippen LogP contribution is -2.37. The van der Waals surface area contributed by atoms with Crippen LogP contribution in [0.2, 0.25) is 0 Å². The lowest BCUT2D eigenvalue weighted by molar-refractivity contribution is -0.153. The molecule has 11 heteroatoms. The number of hydrogen-bond acceptors (Lipinski definition) is 7. The number of aromatic nitrogens is 2. The highest BCUT2D eigenvalue weighted by Crippen LogP contribution is 2.31. The monoisotopic (exact) mass is 542 g/mol. The number of carbonyl (C=O) groups excluding carboxylic acids is 2. The molecule has 1 aliphatic rings. The third kappa shape index (κ3) is 5.04. The van der Waals surface area contributed by atoms with E-state index in [4.69, 9.17) is 14.2 Å². The van der Waals surface area contributed by atoms with Crippen molar-refractivity contribution in [2.24, 2.45) is 0 Å². The molecule has 0 bridgehead atoms. The number of esters is 2. The van der Waals surface area contributed by atoms with Crippen molar-refractivity contribution in [3.8, 4) is 0 Å². The summed E-state index contributed by atoms with van der Waals surface area (Å²) in [5.74, 6) is -1.01. The smallest absolute Gasteiger partial charge is 0.330 e. The maximum Gasteiger partial charge on any atom is 0.330 e. The Morgan fingerprint density at radius 3 is 2.69 bits per heavy atom. The molecule has 0 aromatic carbocycles. The largest absolute Gasteiger partial charge is 0.463 e. The Labute approximate surface area is 170 Å². The molecule has 0 radical (unpaired) electrons. The molecule has 1 aliphatic heterocycles. The van der Waals surface area contributed by atoms with Gasteiger partial charge in [-0.25, -0.2) is 4.79 Å². The first-order valence-corrected chi connectivity index (χ1v) is 9.54. The van der Waals surface area contributed by atoms with E-state index in [0.717, 1.165) is 4.57 Å². The zero-order valence-corrected chi connectivity index (χ0v) is 17.6. The van der Waals surface area contributed by atoms with E-state index in [1.807, 2.05) is 22.6 Å². The van der Waals surface area contributed by atoms with Gasteiger partial charge in [-0.3, -0.25) is 23.9 Å². The molecule has 2 heterocycles. The van der Waals surface area contributed by atoms with Crippen molar-refractivity contribution in [1.82, 2.24) is 9.55 Å². The number of ether oxygens (including phenoxy) is 3. The molecular formula is C15H16BrIN2O7. The van der Waals surface area contributed by atoms with Crippen LogP contribution >= 0.6 is 38.5 Å². The van der Waals surface area contributed by atoms with Crippen molar-refractivity contribution in [3.05, 3.63) is 36.7 Å². The number of aromatic amines is 1. The van der Waals surface area contributed by atoms with Gasteiger partial charge in [0.2, 0.25) is 0 Å². The summed E-state index contributed by atoms with van der Waals surface area (Å²) in [6, 6.07) is 0. The minimum atomic E-state index is -0.961. The Hall–Kier alpha value is -1.47. The van der Waals surface area contributed by atoms with Crippen molar-refractivity contribution in [2.75, 3.05) is 6.61 Å². The molecule has 2 rings (SSSR count). The second-order valence-electron chi connectivity index (χ2n) is 5.50. The van der Waals surface area contributed by atoms with Crippen molar-refractivity contribution < 1.29 is 23.8 Å². The quantitative estimate of drug-likeness (QED) is 0.442. The average Bonchev–Trinajstić information content (AvgIpc) is 2.94. The fraction of sp³-hybridized carbons (Fsp3) is 0.467. The van der Waals surface area contributed by atoms with Crippen molar-refractivity contribution >= 4 is 54.9 Å². The number of carbonyl (C=O) groups is 2. The van der Waals surface area contributed by atoms with Gasteiger partial charge in [-0.1, -0.05) is 22.6 Å². The zero-order chi connectivity index (χ0) is 19.4. The summed E-state index contributed by atoms with van der Waals surface area (Å²) < 4.78 is 19.2. The average molecular weight is 543 g/mol. The molecule has 1 aromatic heterocycles. The van der Waals surface area contributed by atoms with E-state index < -0.39 is 41.6 Å². The third-order valence-corrected chi connectivity index (χ3v) is 5.66. The number of nitrogens with one attached hydrogen (secondary N) is 1. The molecule has 26 heavy (non-hydrogen) atoms. The predicted octanol–water partition coefficient (Wildman–Crippen LogP) is 1.45. The molecule has 0 spiro atoms. The Morgan fingerprint density at radius 1 is 1.42 bits per heavy atom. The van der Waals surface area contributed by atoms with Gasteiger partial charge in [0.15, 0.2) is 6.23 Å². The third-order valence-electron chi connectivity index (χ3n) is 3.53. The highest BCUT2D eigenvalue weighted by molar-refractivity contribution is 14.1. The van der Waals surface area contributed by atoms with Crippen LogP contribution in [0.15, 0.2) is 19.9 Å². The Kier molecular flexibility index (Phi) is 7.17. The maximum atomic E-state index is 12.3. The van der Waals surface area contributed by atoms with Gasteiger partial charge >= 0.3 is 17.6 Å². The SMILES string of the molecule is CC(=O)OC[C@@H]1C[C@@H](OC(C)=O)[C@H](n2cc(/C(Br)=C\I)c(=O)[nH]c2=O)O1. The molecule has 0 amide bonds. The van der Waals surface area contributed by atoms with Gasteiger partial charge in [0.1, 0.15) is 12.7 Å². The molecule has 142 valence electrons. The van der Waals surface area contributed by atoms with Gasteiger partial charge in [0, 0.05) is 30.9 Å². The number of hydrogen-bond donors (Lipinski definition) is 1. The van der Waals surface area contributed by atoms with Crippen molar-refractivity contribution in [1.29, 1.82) is 0 Å². The molecule has 0 unspecified atom stereocenters. The molecule has 0 aliphatic carbocycles. The van der Waals surface area contributed by atoms with E-state index in [0.29, 0.717) is 4.48 Å². The Balaban J connectivity index is 2.39. The van der Waals surface area contributed by atoms with E-state index in [9.17, 15) is 19.2 Å². The molecule has 9 nitrogen and oxygen atoms in total. The first kappa shape index (κ1) is 20.8. The van der Waals surface area contributed by atoms with Gasteiger partial charge < -0.3 is 14.2 Å². The van der Waals surface area contributed by atoms with Gasteiger partial charge in [-0.05, 0) is 20.0 Å². The van der Waals surface area contributed by atoms with E-state index in [1.54, 1.807) is 4.08 Å². The molecule has 1 aromatic rings. The summed E-state index contributed by atoms with van der Waals surface area (Å²) >= 11 is 5.19.